The predicted octanol–water partition coefficient (Wildman–Crippen LogP) is 3.42. The van der Waals surface area contributed by atoms with Crippen LogP contribution in [0, 0.1) is 0 Å². The van der Waals surface area contributed by atoms with Gasteiger partial charge in [-0.1, -0.05) is 47.5 Å². The summed E-state index contributed by atoms with van der Waals surface area (Å²) in [6.45, 7) is 4.12. The molecule has 0 bridgehead atoms. The van der Waals surface area contributed by atoms with E-state index >= 15 is 0 Å². The summed E-state index contributed by atoms with van der Waals surface area (Å²) in [4.78, 5) is 24.2. The Morgan fingerprint density at radius 1 is 1.36 bits per heavy atom. The van der Waals surface area contributed by atoms with E-state index in [1.807, 2.05) is 31.2 Å². The molecule has 1 heterocycles. The highest BCUT2D eigenvalue weighted by Gasteiger charge is 2.33. The average Bonchev–Trinajstić information content (AvgIpc) is 2.47. The van der Waals surface area contributed by atoms with E-state index < -0.39 is 12.0 Å². The minimum Gasteiger partial charge on any atom is -0.462 e. The lowest BCUT2D eigenvalue weighted by Crippen LogP contribution is -2.45. The van der Waals surface area contributed by atoms with Crippen LogP contribution >= 0.6 is 15.9 Å². The first-order chi connectivity index (χ1) is 10.5. The highest BCUT2D eigenvalue weighted by atomic mass is 79.9. The highest BCUT2D eigenvalue weighted by molar-refractivity contribution is 9.10. The summed E-state index contributed by atoms with van der Waals surface area (Å²) in [7, 11) is 0. The monoisotopic (exact) mass is 366 g/mol. The van der Waals surface area contributed by atoms with Crippen molar-refractivity contribution in [1.82, 2.24) is 10.6 Å². The zero-order valence-electron chi connectivity index (χ0n) is 12.6. The molecule has 0 aliphatic carbocycles. The fraction of sp³-hybridized carbons (Fsp3) is 0.375. The van der Waals surface area contributed by atoms with E-state index in [0.29, 0.717) is 17.9 Å². The standard InChI is InChI=1S/C16H19BrN2O3/c1-3-4-9-22-15(20)13-10(2)18-16(21)19-14(13)11-7-5-6-8-12(11)17/h5-8,14H,3-4,9H2,1-2H3,(H2,18,19,21). The molecule has 0 saturated heterocycles. The van der Waals surface area contributed by atoms with Crippen LogP contribution in [0.5, 0.6) is 0 Å². The van der Waals surface area contributed by atoms with Gasteiger partial charge in [0.2, 0.25) is 0 Å². The van der Waals surface area contributed by atoms with Gasteiger partial charge in [-0.3, -0.25) is 0 Å². The highest BCUT2D eigenvalue weighted by Crippen LogP contribution is 2.32. The van der Waals surface area contributed by atoms with Crippen molar-refractivity contribution in [3.63, 3.8) is 0 Å². The van der Waals surface area contributed by atoms with Crippen molar-refractivity contribution in [1.29, 1.82) is 0 Å². The molecule has 1 aliphatic heterocycles. The lowest BCUT2D eigenvalue weighted by atomic mass is 9.95. The van der Waals surface area contributed by atoms with Crippen molar-refractivity contribution >= 4 is 27.9 Å². The number of allylic oxidation sites excluding steroid dienone is 1. The number of hydrogen-bond acceptors (Lipinski definition) is 3. The number of urea groups is 1. The van der Waals surface area contributed by atoms with Crippen LogP contribution in [0.15, 0.2) is 40.0 Å². The van der Waals surface area contributed by atoms with E-state index in [9.17, 15) is 9.59 Å². The summed E-state index contributed by atoms with van der Waals surface area (Å²) in [5, 5.41) is 5.42. The lowest BCUT2D eigenvalue weighted by molar-refractivity contribution is -0.139. The van der Waals surface area contributed by atoms with Crippen LogP contribution < -0.4 is 10.6 Å². The molecule has 0 spiro atoms. The van der Waals surface area contributed by atoms with Crippen molar-refractivity contribution in [3.8, 4) is 0 Å². The van der Waals surface area contributed by atoms with Gasteiger partial charge in [0.25, 0.3) is 0 Å². The minimum absolute atomic E-state index is 0.330. The van der Waals surface area contributed by atoms with Gasteiger partial charge in [0, 0.05) is 10.2 Å². The first-order valence-electron chi connectivity index (χ1n) is 7.24. The van der Waals surface area contributed by atoms with Gasteiger partial charge in [-0.2, -0.15) is 0 Å². The third-order valence-corrected chi connectivity index (χ3v) is 4.16. The van der Waals surface area contributed by atoms with E-state index in [2.05, 4.69) is 26.6 Å². The maximum absolute atomic E-state index is 12.4. The van der Waals surface area contributed by atoms with Crippen molar-refractivity contribution in [2.24, 2.45) is 0 Å². The number of ether oxygens (including phenoxy) is 1. The third-order valence-electron chi connectivity index (χ3n) is 3.44. The first kappa shape index (κ1) is 16.5. The van der Waals surface area contributed by atoms with E-state index in [1.165, 1.54) is 0 Å². The topological polar surface area (TPSA) is 67.4 Å². The molecule has 22 heavy (non-hydrogen) atoms. The van der Waals surface area contributed by atoms with Gasteiger partial charge >= 0.3 is 12.0 Å². The molecule has 2 rings (SSSR count). The molecular weight excluding hydrogens is 348 g/mol. The number of esters is 1. The number of halogens is 1. The Kier molecular flexibility index (Phi) is 5.60. The van der Waals surface area contributed by atoms with E-state index in [4.69, 9.17) is 4.74 Å². The molecule has 0 saturated carbocycles. The number of unbranched alkanes of at least 4 members (excludes halogenated alkanes) is 1. The largest absolute Gasteiger partial charge is 0.462 e. The Bertz CT molecular complexity index is 613. The molecule has 0 fully saturated rings. The number of rotatable bonds is 5. The van der Waals surface area contributed by atoms with Crippen LogP contribution in [-0.2, 0) is 9.53 Å². The number of amides is 2. The molecule has 118 valence electrons. The number of carbonyl (C=O) groups excluding carboxylic acids is 2. The maximum atomic E-state index is 12.4. The molecule has 1 atom stereocenters. The summed E-state index contributed by atoms with van der Waals surface area (Å²) in [6, 6.07) is 6.63. The van der Waals surface area contributed by atoms with Crippen molar-refractivity contribution in [2.75, 3.05) is 6.61 Å². The van der Waals surface area contributed by atoms with Gasteiger partial charge in [0.1, 0.15) is 0 Å². The molecule has 6 heteroatoms. The number of benzene rings is 1. The second-order valence-electron chi connectivity index (χ2n) is 5.08. The summed E-state index contributed by atoms with van der Waals surface area (Å²) >= 11 is 3.47. The van der Waals surface area contributed by atoms with Crippen LogP contribution in [0.3, 0.4) is 0 Å². The number of carbonyl (C=O) groups is 2. The molecule has 1 aliphatic rings. The van der Waals surface area contributed by atoms with Crippen LogP contribution in [0.1, 0.15) is 38.3 Å². The minimum atomic E-state index is -0.529. The summed E-state index contributed by atoms with van der Waals surface area (Å²) < 4.78 is 6.14. The van der Waals surface area contributed by atoms with Gasteiger partial charge in [0.15, 0.2) is 0 Å². The fourth-order valence-corrected chi connectivity index (χ4v) is 2.81. The molecule has 2 amide bonds. The van der Waals surface area contributed by atoms with Crippen LogP contribution in [0.4, 0.5) is 4.79 Å². The van der Waals surface area contributed by atoms with Gasteiger partial charge in [0.05, 0.1) is 18.2 Å². The lowest BCUT2D eigenvalue weighted by Gasteiger charge is -2.28. The predicted molar refractivity (Wildman–Crippen MR) is 87.1 cm³/mol. The molecule has 2 N–H and O–H groups in total. The third kappa shape index (κ3) is 3.68. The van der Waals surface area contributed by atoms with Gasteiger partial charge in [-0.25, -0.2) is 9.59 Å². The average molecular weight is 367 g/mol. The molecule has 1 aromatic carbocycles. The Morgan fingerprint density at radius 2 is 2.09 bits per heavy atom. The summed E-state index contributed by atoms with van der Waals surface area (Å²) in [6.07, 6.45) is 1.77. The Morgan fingerprint density at radius 3 is 2.77 bits per heavy atom. The molecule has 1 aromatic rings. The van der Waals surface area contributed by atoms with Gasteiger partial charge < -0.3 is 15.4 Å². The zero-order chi connectivity index (χ0) is 16.1. The molecule has 0 aromatic heterocycles. The quantitative estimate of drug-likeness (QED) is 0.619. The van der Waals surface area contributed by atoms with Gasteiger partial charge in [-0.15, -0.1) is 0 Å². The SMILES string of the molecule is CCCCOC(=O)C1=C(C)NC(=O)NC1c1ccccc1Br. The molecule has 1 unspecified atom stereocenters. The summed E-state index contributed by atoms with van der Waals surface area (Å²) in [5.74, 6) is -0.404. The second-order valence-corrected chi connectivity index (χ2v) is 5.94. The van der Waals surface area contributed by atoms with Crippen LogP contribution in [-0.4, -0.2) is 18.6 Å². The van der Waals surface area contributed by atoms with Crippen molar-refractivity contribution in [2.45, 2.75) is 32.7 Å². The van der Waals surface area contributed by atoms with E-state index in [1.54, 1.807) is 6.92 Å². The number of nitrogens with one attached hydrogen (secondary N) is 2. The van der Waals surface area contributed by atoms with E-state index in [-0.39, 0.29) is 6.03 Å². The Labute approximate surface area is 138 Å². The van der Waals surface area contributed by atoms with Crippen LogP contribution in [0.2, 0.25) is 0 Å². The molecule has 0 radical (unpaired) electrons. The fourth-order valence-electron chi connectivity index (χ4n) is 2.29. The number of hydrogen-bond donors (Lipinski definition) is 2. The maximum Gasteiger partial charge on any atom is 0.338 e. The smallest absolute Gasteiger partial charge is 0.338 e. The Balaban J connectivity index is 2.33. The Hall–Kier alpha value is -1.82. The van der Waals surface area contributed by atoms with Crippen molar-refractivity contribution in [3.05, 3.63) is 45.6 Å². The summed E-state index contributed by atoms with van der Waals surface area (Å²) in [5.41, 5.74) is 1.77. The molecular formula is C16H19BrN2O3. The molecule has 5 nitrogen and oxygen atoms in total. The van der Waals surface area contributed by atoms with Crippen molar-refractivity contribution < 1.29 is 14.3 Å². The zero-order valence-corrected chi connectivity index (χ0v) is 14.2. The van der Waals surface area contributed by atoms with E-state index in [0.717, 1.165) is 22.9 Å². The second kappa shape index (κ2) is 7.45. The van der Waals surface area contributed by atoms with Gasteiger partial charge in [-0.05, 0) is 25.0 Å². The normalized spacial score (nSPS) is 17.8. The first-order valence-corrected chi connectivity index (χ1v) is 8.03. The van der Waals surface area contributed by atoms with Crippen LogP contribution in [0.25, 0.3) is 0 Å².